The molecule has 2 rings (SSSR count). The molecule has 0 unspecified atom stereocenters. The van der Waals surface area contributed by atoms with E-state index in [0.717, 1.165) is 22.6 Å². The van der Waals surface area contributed by atoms with E-state index in [1.165, 1.54) is 13.1 Å². The van der Waals surface area contributed by atoms with E-state index in [0.29, 0.717) is 6.54 Å². The van der Waals surface area contributed by atoms with Gasteiger partial charge in [0.25, 0.3) is 11.5 Å². The summed E-state index contributed by atoms with van der Waals surface area (Å²) in [4.78, 5) is 48.7. The van der Waals surface area contributed by atoms with Crippen LogP contribution in [0.5, 0.6) is 0 Å². The van der Waals surface area contributed by atoms with Gasteiger partial charge in [-0.05, 0) is 18.9 Å². The number of hydrogen-bond donors (Lipinski definition) is 2. The predicted octanol–water partition coefficient (Wildman–Crippen LogP) is 0.778. The highest BCUT2D eigenvalue weighted by Gasteiger charge is 2.19. The highest BCUT2D eigenvalue weighted by atomic mass is 16.5. The van der Waals surface area contributed by atoms with Gasteiger partial charge in [-0.1, -0.05) is 37.3 Å². The predicted molar refractivity (Wildman–Crippen MR) is 99.4 cm³/mol. The monoisotopic (exact) mass is 373 g/mol. The molecule has 0 spiro atoms. The normalized spacial score (nSPS) is 12.8. The number of carbonyl (C=O) groups is 2. The van der Waals surface area contributed by atoms with Crippen LogP contribution in [0.1, 0.15) is 31.7 Å². The Labute approximate surface area is 156 Å². The van der Waals surface area contributed by atoms with Gasteiger partial charge < -0.3 is 10.1 Å². The fraction of sp³-hybridized carbons (Fsp3) is 0.368. The third-order valence-electron chi connectivity index (χ3n) is 4.16. The minimum absolute atomic E-state index is 0.165. The highest BCUT2D eigenvalue weighted by Crippen LogP contribution is 2.17. The Morgan fingerprint density at radius 3 is 2.52 bits per heavy atom. The molecule has 0 radical (unpaired) electrons. The van der Waals surface area contributed by atoms with Crippen molar-refractivity contribution in [1.29, 1.82) is 0 Å². The zero-order valence-corrected chi connectivity index (χ0v) is 15.3. The molecule has 1 amide bonds. The standard InChI is InChI=1S/C19H23N3O5/c1-3-14(15-7-5-4-6-8-15)11-20-18(25)13(2)27-17(24)12-22-10-9-16(23)21-19(22)26/h4-10,13-14H,3,11-12H2,1-2H3,(H,20,25)(H,21,23,26)/t13-,14-/m1/s1. The molecule has 8 nitrogen and oxygen atoms in total. The second-order valence-electron chi connectivity index (χ2n) is 6.13. The number of ether oxygens (including phenoxy) is 1. The maximum absolute atomic E-state index is 12.2. The number of H-pyrrole nitrogens is 1. The van der Waals surface area contributed by atoms with Gasteiger partial charge in [0.1, 0.15) is 6.54 Å². The van der Waals surface area contributed by atoms with Crippen molar-refractivity contribution in [2.75, 3.05) is 6.54 Å². The van der Waals surface area contributed by atoms with Crippen LogP contribution in [0.15, 0.2) is 52.2 Å². The van der Waals surface area contributed by atoms with Gasteiger partial charge in [0.05, 0.1) is 0 Å². The van der Waals surface area contributed by atoms with Crippen molar-refractivity contribution < 1.29 is 14.3 Å². The molecule has 1 heterocycles. The number of nitrogens with zero attached hydrogens (tertiary/aromatic N) is 1. The number of rotatable bonds is 8. The van der Waals surface area contributed by atoms with Crippen LogP contribution in [0, 0.1) is 0 Å². The van der Waals surface area contributed by atoms with Crippen LogP contribution in [-0.4, -0.2) is 34.1 Å². The number of nitrogens with one attached hydrogen (secondary N) is 2. The smallest absolute Gasteiger partial charge is 0.328 e. The second-order valence-corrected chi connectivity index (χ2v) is 6.13. The molecule has 2 aromatic rings. The summed E-state index contributed by atoms with van der Waals surface area (Å²) in [6, 6.07) is 11.0. The Bertz CT molecular complexity index is 888. The number of benzene rings is 1. The van der Waals surface area contributed by atoms with E-state index in [2.05, 4.69) is 5.32 Å². The summed E-state index contributed by atoms with van der Waals surface area (Å²) in [7, 11) is 0. The molecular weight excluding hydrogens is 350 g/mol. The lowest BCUT2D eigenvalue weighted by Crippen LogP contribution is -2.39. The van der Waals surface area contributed by atoms with E-state index in [1.807, 2.05) is 42.2 Å². The summed E-state index contributed by atoms with van der Waals surface area (Å²) < 4.78 is 6.07. The summed E-state index contributed by atoms with van der Waals surface area (Å²) in [5, 5.41) is 2.79. The Balaban J connectivity index is 1.86. The first-order valence-corrected chi connectivity index (χ1v) is 8.72. The van der Waals surface area contributed by atoms with Gasteiger partial charge in [0, 0.05) is 24.7 Å². The van der Waals surface area contributed by atoms with Crippen molar-refractivity contribution in [1.82, 2.24) is 14.9 Å². The average molecular weight is 373 g/mol. The zero-order chi connectivity index (χ0) is 19.8. The number of hydrogen-bond acceptors (Lipinski definition) is 5. The van der Waals surface area contributed by atoms with Gasteiger partial charge in [-0.2, -0.15) is 0 Å². The van der Waals surface area contributed by atoms with Crippen molar-refractivity contribution in [3.05, 3.63) is 69.0 Å². The molecule has 0 bridgehead atoms. The first-order valence-electron chi connectivity index (χ1n) is 8.72. The molecule has 8 heteroatoms. The molecule has 0 aliphatic rings. The molecule has 0 fully saturated rings. The van der Waals surface area contributed by atoms with Crippen molar-refractivity contribution in [3.63, 3.8) is 0 Å². The van der Waals surface area contributed by atoms with Gasteiger partial charge >= 0.3 is 11.7 Å². The van der Waals surface area contributed by atoms with Crippen molar-refractivity contribution in [2.45, 2.75) is 38.8 Å². The number of aromatic nitrogens is 2. The van der Waals surface area contributed by atoms with E-state index >= 15 is 0 Å². The van der Waals surface area contributed by atoms with Crippen molar-refractivity contribution >= 4 is 11.9 Å². The van der Waals surface area contributed by atoms with Crippen LogP contribution >= 0.6 is 0 Å². The molecule has 0 saturated heterocycles. The number of carbonyl (C=O) groups excluding carboxylic acids is 2. The number of amides is 1. The summed E-state index contributed by atoms with van der Waals surface area (Å²) >= 11 is 0. The summed E-state index contributed by atoms with van der Waals surface area (Å²) in [5.41, 5.74) is -0.145. The Kier molecular flexibility index (Phi) is 7.10. The fourth-order valence-corrected chi connectivity index (χ4v) is 2.59. The SMILES string of the molecule is CC[C@H](CNC(=O)[C@@H](C)OC(=O)Cn1ccc(=O)[nH]c1=O)c1ccccc1. The average Bonchev–Trinajstić information content (AvgIpc) is 2.65. The van der Waals surface area contributed by atoms with Crippen LogP contribution < -0.4 is 16.6 Å². The Morgan fingerprint density at radius 1 is 1.19 bits per heavy atom. The highest BCUT2D eigenvalue weighted by molar-refractivity contribution is 5.83. The minimum Gasteiger partial charge on any atom is -0.451 e. The van der Waals surface area contributed by atoms with E-state index in [1.54, 1.807) is 0 Å². The maximum atomic E-state index is 12.2. The topological polar surface area (TPSA) is 110 Å². The summed E-state index contributed by atoms with van der Waals surface area (Å²) in [6.07, 6.45) is 1.05. The van der Waals surface area contributed by atoms with Crippen LogP contribution in [-0.2, 0) is 20.9 Å². The quantitative estimate of drug-likeness (QED) is 0.665. The number of aromatic amines is 1. The number of esters is 1. The minimum atomic E-state index is -0.996. The molecule has 144 valence electrons. The lowest BCUT2D eigenvalue weighted by molar-refractivity contribution is -0.155. The fourth-order valence-electron chi connectivity index (χ4n) is 2.59. The summed E-state index contributed by atoms with van der Waals surface area (Å²) in [6.45, 7) is 3.54. The second kappa shape index (κ2) is 9.51. The Morgan fingerprint density at radius 2 is 1.89 bits per heavy atom. The van der Waals surface area contributed by atoms with E-state index in [-0.39, 0.29) is 5.92 Å². The maximum Gasteiger partial charge on any atom is 0.328 e. The molecular formula is C19H23N3O5. The molecule has 1 aromatic heterocycles. The Hall–Kier alpha value is -3.16. The lowest BCUT2D eigenvalue weighted by Gasteiger charge is -2.18. The van der Waals surface area contributed by atoms with Gasteiger partial charge in [-0.3, -0.25) is 23.9 Å². The first-order chi connectivity index (χ1) is 12.9. The van der Waals surface area contributed by atoms with Gasteiger partial charge in [-0.25, -0.2) is 4.79 Å². The third kappa shape index (κ3) is 5.95. The van der Waals surface area contributed by atoms with E-state index in [9.17, 15) is 19.2 Å². The summed E-state index contributed by atoms with van der Waals surface area (Å²) in [5.74, 6) is -0.994. The molecule has 2 atom stereocenters. The van der Waals surface area contributed by atoms with Crippen molar-refractivity contribution in [2.24, 2.45) is 0 Å². The van der Waals surface area contributed by atoms with Crippen LogP contribution in [0.4, 0.5) is 0 Å². The molecule has 27 heavy (non-hydrogen) atoms. The van der Waals surface area contributed by atoms with Gasteiger partial charge in [0.15, 0.2) is 6.10 Å². The third-order valence-corrected chi connectivity index (χ3v) is 4.16. The van der Waals surface area contributed by atoms with Crippen LogP contribution in [0.25, 0.3) is 0 Å². The van der Waals surface area contributed by atoms with Gasteiger partial charge in [-0.15, -0.1) is 0 Å². The molecule has 0 aliphatic carbocycles. The lowest BCUT2D eigenvalue weighted by atomic mass is 9.96. The van der Waals surface area contributed by atoms with Crippen LogP contribution in [0.2, 0.25) is 0 Å². The zero-order valence-electron chi connectivity index (χ0n) is 15.3. The molecule has 0 saturated carbocycles. The molecule has 2 N–H and O–H groups in total. The van der Waals surface area contributed by atoms with Crippen molar-refractivity contribution in [3.8, 4) is 0 Å². The molecule has 1 aromatic carbocycles. The first kappa shape index (κ1) is 20.2. The van der Waals surface area contributed by atoms with Crippen LogP contribution in [0.3, 0.4) is 0 Å². The van der Waals surface area contributed by atoms with Gasteiger partial charge in [0.2, 0.25) is 0 Å². The van der Waals surface area contributed by atoms with E-state index < -0.39 is 35.8 Å². The van der Waals surface area contributed by atoms with E-state index in [4.69, 9.17) is 4.74 Å². The molecule has 0 aliphatic heterocycles. The largest absolute Gasteiger partial charge is 0.451 e.